The Balaban J connectivity index is 2.56. The average molecular weight is 218 g/mol. The van der Waals surface area contributed by atoms with Crippen LogP contribution in [0.25, 0.3) is 0 Å². The summed E-state index contributed by atoms with van der Waals surface area (Å²) in [5.41, 5.74) is 0. The van der Waals surface area contributed by atoms with E-state index in [9.17, 15) is 4.79 Å². The van der Waals surface area contributed by atoms with Crippen molar-refractivity contribution in [3.63, 3.8) is 0 Å². The number of rotatable bonds is 5. The number of nitrogens with zero attached hydrogens (tertiary/aromatic N) is 1. The molecule has 1 amide bonds. The first-order valence-electron chi connectivity index (χ1n) is 4.75. The van der Waals surface area contributed by atoms with Gasteiger partial charge < -0.3 is 15.0 Å². The second-order valence-corrected chi connectivity index (χ2v) is 4.33. The maximum absolute atomic E-state index is 11.8. The molecule has 0 radical (unpaired) electrons. The van der Waals surface area contributed by atoms with Gasteiger partial charge in [0.1, 0.15) is 6.23 Å². The fourth-order valence-electron chi connectivity index (χ4n) is 1.65. The van der Waals surface area contributed by atoms with E-state index in [1.807, 2.05) is 18.2 Å². The van der Waals surface area contributed by atoms with Crippen LogP contribution >= 0.6 is 11.8 Å². The molecule has 0 aromatic carbocycles. The summed E-state index contributed by atoms with van der Waals surface area (Å²) in [5.74, 6) is 0.208. The molecule has 1 aliphatic heterocycles. The Kier molecular flexibility index (Phi) is 4.71. The quantitative estimate of drug-likeness (QED) is 0.713. The maximum Gasteiger partial charge on any atom is 0.237 e. The minimum atomic E-state index is -0.0340. The van der Waals surface area contributed by atoms with Crippen LogP contribution in [0.5, 0.6) is 0 Å². The van der Waals surface area contributed by atoms with E-state index in [1.165, 1.54) is 0 Å². The van der Waals surface area contributed by atoms with Crippen LogP contribution in [0.2, 0.25) is 0 Å². The fraction of sp³-hybridized carbons (Fsp3) is 0.889. The Hall–Kier alpha value is -0.260. The number of likely N-dealkylation sites (N-methyl/N-ethyl adjacent to an activating group) is 1. The van der Waals surface area contributed by atoms with E-state index in [0.29, 0.717) is 0 Å². The molecule has 0 bridgehead atoms. The standard InChI is InChI=1S/C9H18N2O2S/c1-10-4-5-11-8(13-2)6-7(14-3)9(11)12/h7-8,10H,4-6H2,1-3H3. The van der Waals surface area contributed by atoms with Crippen molar-refractivity contribution >= 4 is 17.7 Å². The largest absolute Gasteiger partial charge is 0.361 e. The summed E-state index contributed by atoms with van der Waals surface area (Å²) in [6.07, 6.45) is 2.74. The van der Waals surface area contributed by atoms with E-state index in [1.54, 1.807) is 18.9 Å². The summed E-state index contributed by atoms with van der Waals surface area (Å²) in [6, 6.07) is 0. The highest BCUT2D eigenvalue weighted by Crippen LogP contribution is 2.27. The lowest BCUT2D eigenvalue weighted by Crippen LogP contribution is -2.39. The van der Waals surface area contributed by atoms with Gasteiger partial charge in [-0.2, -0.15) is 11.8 Å². The molecule has 1 N–H and O–H groups in total. The number of likely N-dealkylation sites (tertiary alicyclic amines) is 1. The van der Waals surface area contributed by atoms with Crippen LogP contribution in [-0.2, 0) is 9.53 Å². The highest BCUT2D eigenvalue weighted by Gasteiger charge is 2.38. The van der Waals surface area contributed by atoms with E-state index >= 15 is 0 Å². The van der Waals surface area contributed by atoms with Crippen molar-refractivity contribution in [1.82, 2.24) is 10.2 Å². The van der Waals surface area contributed by atoms with Crippen LogP contribution < -0.4 is 5.32 Å². The lowest BCUT2D eigenvalue weighted by molar-refractivity contribution is -0.134. The SMILES string of the molecule is CNCCN1C(=O)C(SC)CC1OC. The minimum absolute atomic E-state index is 0.0340. The predicted octanol–water partition coefficient (Wildman–Crippen LogP) is 0.142. The molecule has 2 unspecified atom stereocenters. The number of amides is 1. The molecule has 0 aromatic rings. The van der Waals surface area contributed by atoms with Gasteiger partial charge in [0.2, 0.25) is 5.91 Å². The van der Waals surface area contributed by atoms with Crippen molar-refractivity contribution in [2.24, 2.45) is 0 Å². The predicted molar refractivity (Wildman–Crippen MR) is 58.4 cm³/mol. The monoisotopic (exact) mass is 218 g/mol. The van der Waals surface area contributed by atoms with Crippen molar-refractivity contribution in [1.29, 1.82) is 0 Å². The number of hydrogen-bond acceptors (Lipinski definition) is 4. The molecular formula is C9H18N2O2S. The molecule has 1 saturated heterocycles. The van der Waals surface area contributed by atoms with E-state index in [-0.39, 0.29) is 17.4 Å². The van der Waals surface area contributed by atoms with Crippen LogP contribution in [0.4, 0.5) is 0 Å². The second kappa shape index (κ2) is 5.58. The third-order valence-corrected chi connectivity index (χ3v) is 3.44. The molecule has 0 spiro atoms. The lowest BCUT2D eigenvalue weighted by atomic mass is 10.3. The number of carbonyl (C=O) groups is 1. The zero-order valence-electron chi connectivity index (χ0n) is 8.95. The molecule has 1 rings (SSSR count). The Morgan fingerprint density at radius 2 is 2.43 bits per heavy atom. The summed E-state index contributed by atoms with van der Waals surface area (Å²) < 4.78 is 5.29. The average Bonchev–Trinajstić information content (AvgIpc) is 2.52. The third-order valence-electron chi connectivity index (χ3n) is 2.48. The molecule has 1 fully saturated rings. The Morgan fingerprint density at radius 1 is 1.71 bits per heavy atom. The van der Waals surface area contributed by atoms with Crippen molar-refractivity contribution in [2.75, 3.05) is 33.5 Å². The van der Waals surface area contributed by atoms with Crippen molar-refractivity contribution in [2.45, 2.75) is 17.9 Å². The van der Waals surface area contributed by atoms with Gasteiger partial charge in [-0.25, -0.2) is 0 Å². The first kappa shape index (κ1) is 11.8. The Labute approximate surface area is 89.4 Å². The topological polar surface area (TPSA) is 41.6 Å². The Bertz CT molecular complexity index is 201. The zero-order chi connectivity index (χ0) is 10.6. The maximum atomic E-state index is 11.8. The van der Waals surface area contributed by atoms with Gasteiger partial charge >= 0.3 is 0 Å². The van der Waals surface area contributed by atoms with Gasteiger partial charge in [0, 0.05) is 26.6 Å². The van der Waals surface area contributed by atoms with Gasteiger partial charge in [-0.15, -0.1) is 0 Å². The number of methoxy groups -OCH3 is 1. The molecule has 82 valence electrons. The van der Waals surface area contributed by atoms with Gasteiger partial charge in [0.25, 0.3) is 0 Å². The number of ether oxygens (including phenoxy) is 1. The van der Waals surface area contributed by atoms with Crippen LogP contribution in [0, 0.1) is 0 Å². The number of nitrogens with one attached hydrogen (secondary N) is 1. The molecule has 0 aromatic heterocycles. The summed E-state index contributed by atoms with van der Waals surface area (Å²) in [7, 11) is 3.54. The normalized spacial score (nSPS) is 27.4. The lowest BCUT2D eigenvalue weighted by Gasteiger charge is -2.22. The molecule has 14 heavy (non-hydrogen) atoms. The van der Waals surface area contributed by atoms with E-state index in [0.717, 1.165) is 19.5 Å². The molecule has 2 atom stereocenters. The molecule has 5 heteroatoms. The van der Waals surface area contributed by atoms with Gasteiger partial charge in [0.15, 0.2) is 0 Å². The number of thioether (sulfide) groups is 1. The van der Waals surface area contributed by atoms with Gasteiger partial charge in [-0.1, -0.05) is 0 Å². The van der Waals surface area contributed by atoms with Gasteiger partial charge in [0.05, 0.1) is 5.25 Å². The molecule has 4 nitrogen and oxygen atoms in total. The van der Waals surface area contributed by atoms with Crippen molar-refractivity contribution in [3.05, 3.63) is 0 Å². The highest BCUT2D eigenvalue weighted by atomic mass is 32.2. The summed E-state index contributed by atoms with van der Waals surface area (Å²) in [6.45, 7) is 1.54. The van der Waals surface area contributed by atoms with Gasteiger partial charge in [-0.3, -0.25) is 4.79 Å². The smallest absolute Gasteiger partial charge is 0.237 e. The molecule has 1 heterocycles. The minimum Gasteiger partial charge on any atom is -0.361 e. The van der Waals surface area contributed by atoms with Crippen LogP contribution in [0.15, 0.2) is 0 Å². The summed E-state index contributed by atoms with van der Waals surface area (Å²) >= 11 is 1.61. The third kappa shape index (κ3) is 2.40. The van der Waals surface area contributed by atoms with Crippen molar-refractivity contribution in [3.8, 4) is 0 Å². The van der Waals surface area contributed by atoms with Gasteiger partial charge in [-0.05, 0) is 13.3 Å². The van der Waals surface area contributed by atoms with E-state index in [2.05, 4.69) is 5.32 Å². The van der Waals surface area contributed by atoms with Crippen LogP contribution in [-0.4, -0.2) is 55.8 Å². The molecular weight excluding hydrogens is 200 g/mol. The van der Waals surface area contributed by atoms with E-state index in [4.69, 9.17) is 4.74 Å². The van der Waals surface area contributed by atoms with Crippen LogP contribution in [0.3, 0.4) is 0 Å². The second-order valence-electron chi connectivity index (χ2n) is 3.29. The van der Waals surface area contributed by atoms with E-state index < -0.39 is 0 Å². The molecule has 1 aliphatic rings. The summed E-state index contributed by atoms with van der Waals surface area (Å²) in [4.78, 5) is 13.6. The first-order chi connectivity index (χ1) is 6.74. The summed E-state index contributed by atoms with van der Waals surface area (Å²) in [5, 5.41) is 3.12. The molecule has 0 saturated carbocycles. The number of carbonyl (C=O) groups excluding carboxylic acids is 1. The Morgan fingerprint density at radius 3 is 2.93 bits per heavy atom. The first-order valence-corrected chi connectivity index (χ1v) is 6.04. The van der Waals surface area contributed by atoms with Crippen molar-refractivity contribution < 1.29 is 9.53 Å². The van der Waals surface area contributed by atoms with Crippen LogP contribution in [0.1, 0.15) is 6.42 Å². The molecule has 0 aliphatic carbocycles. The zero-order valence-corrected chi connectivity index (χ0v) is 9.76. The number of hydrogen-bond donors (Lipinski definition) is 1. The fourth-order valence-corrected chi connectivity index (χ4v) is 2.34. The highest BCUT2D eigenvalue weighted by molar-refractivity contribution is 7.99.